The minimum Gasteiger partial charge on any atom is -0.494 e. The van der Waals surface area contributed by atoms with Gasteiger partial charge in [-0.05, 0) is 49.8 Å². The van der Waals surface area contributed by atoms with Gasteiger partial charge in [0.05, 0.1) is 19.6 Å². The summed E-state index contributed by atoms with van der Waals surface area (Å²) in [6, 6.07) is 15.8. The molecular formula is C23H26N2O5. The molecule has 0 aliphatic rings. The Balaban J connectivity index is 2.11. The van der Waals surface area contributed by atoms with Gasteiger partial charge < -0.3 is 20.1 Å². The minimum absolute atomic E-state index is 0.0467. The van der Waals surface area contributed by atoms with E-state index in [0.29, 0.717) is 17.9 Å². The number of esters is 1. The highest BCUT2D eigenvalue weighted by atomic mass is 16.5. The molecule has 0 atom stereocenters. The first-order valence-corrected chi connectivity index (χ1v) is 9.78. The van der Waals surface area contributed by atoms with Crippen molar-refractivity contribution in [2.45, 2.75) is 20.3 Å². The average Bonchev–Trinajstić information content (AvgIpc) is 2.75. The molecule has 0 aliphatic carbocycles. The van der Waals surface area contributed by atoms with Gasteiger partial charge >= 0.3 is 5.97 Å². The van der Waals surface area contributed by atoms with Gasteiger partial charge in [0.2, 0.25) is 0 Å². The molecule has 7 heteroatoms. The van der Waals surface area contributed by atoms with Crippen LogP contribution < -0.4 is 15.4 Å². The summed E-state index contributed by atoms with van der Waals surface area (Å²) >= 11 is 0. The van der Waals surface area contributed by atoms with E-state index in [0.717, 1.165) is 5.56 Å². The van der Waals surface area contributed by atoms with E-state index in [1.54, 1.807) is 37.3 Å². The van der Waals surface area contributed by atoms with Crippen LogP contribution in [0.1, 0.15) is 36.2 Å². The van der Waals surface area contributed by atoms with E-state index in [-0.39, 0.29) is 25.3 Å². The quantitative estimate of drug-likeness (QED) is 0.464. The lowest BCUT2D eigenvalue weighted by atomic mass is 10.1. The molecule has 0 heterocycles. The summed E-state index contributed by atoms with van der Waals surface area (Å²) in [6.07, 6.45) is 1.62. The standard InChI is InChI=1S/C23H26N2O5/c1-3-29-19-12-10-18(11-13-19)22(27)25-20(16-17-8-6-5-7-9-17)23(28)24-15-14-21(26)30-4-2/h5-13,16H,3-4,14-15H2,1-2H3,(H,24,28)(H,25,27). The van der Waals surface area contributed by atoms with Crippen LogP contribution in [-0.2, 0) is 14.3 Å². The van der Waals surface area contributed by atoms with E-state index in [2.05, 4.69) is 10.6 Å². The van der Waals surface area contributed by atoms with E-state index < -0.39 is 17.8 Å². The Kier molecular flexibility index (Phi) is 9.12. The summed E-state index contributed by atoms with van der Waals surface area (Å²) in [5.41, 5.74) is 1.21. The molecule has 0 aliphatic heterocycles. The normalized spacial score (nSPS) is 10.8. The molecule has 158 valence electrons. The van der Waals surface area contributed by atoms with Gasteiger partial charge in [0.1, 0.15) is 11.4 Å². The van der Waals surface area contributed by atoms with Crippen molar-refractivity contribution in [3.63, 3.8) is 0 Å². The number of benzene rings is 2. The van der Waals surface area contributed by atoms with Crippen LogP contribution in [0.2, 0.25) is 0 Å². The Morgan fingerprint density at radius 2 is 1.63 bits per heavy atom. The molecule has 0 saturated carbocycles. The largest absolute Gasteiger partial charge is 0.494 e. The summed E-state index contributed by atoms with van der Waals surface area (Å²) in [5.74, 6) is -0.668. The summed E-state index contributed by atoms with van der Waals surface area (Å²) < 4.78 is 10.2. The summed E-state index contributed by atoms with van der Waals surface area (Å²) in [5, 5.41) is 5.28. The first kappa shape index (κ1) is 22.7. The lowest BCUT2D eigenvalue weighted by Gasteiger charge is -2.11. The fourth-order valence-corrected chi connectivity index (χ4v) is 2.54. The lowest BCUT2D eigenvalue weighted by Crippen LogP contribution is -2.36. The molecule has 30 heavy (non-hydrogen) atoms. The number of carbonyl (C=O) groups is 3. The second-order valence-corrected chi connectivity index (χ2v) is 6.19. The molecule has 2 N–H and O–H groups in total. The first-order chi connectivity index (χ1) is 14.5. The van der Waals surface area contributed by atoms with Gasteiger partial charge in [0.25, 0.3) is 11.8 Å². The number of hydrogen-bond acceptors (Lipinski definition) is 5. The Hall–Kier alpha value is -3.61. The monoisotopic (exact) mass is 410 g/mol. The average molecular weight is 410 g/mol. The molecule has 2 aromatic rings. The van der Waals surface area contributed by atoms with Crippen LogP contribution >= 0.6 is 0 Å². The van der Waals surface area contributed by atoms with Crippen LogP contribution in [0.3, 0.4) is 0 Å². The summed E-state index contributed by atoms with van der Waals surface area (Å²) in [4.78, 5) is 36.7. The van der Waals surface area contributed by atoms with Gasteiger partial charge in [-0.25, -0.2) is 0 Å². The van der Waals surface area contributed by atoms with Crippen molar-refractivity contribution < 1.29 is 23.9 Å². The maximum atomic E-state index is 12.6. The van der Waals surface area contributed by atoms with Gasteiger partial charge in [-0.15, -0.1) is 0 Å². The number of carbonyl (C=O) groups excluding carboxylic acids is 3. The zero-order valence-corrected chi connectivity index (χ0v) is 17.1. The van der Waals surface area contributed by atoms with Gasteiger partial charge in [0, 0.05) is 12.1 Å². The highest BCUT2D eigenvalue weighted by Gasteiger charge is 2.15. The maximum absolute atomic E-state index is 12.6. The fraction of sp³-hybridized carbons (Fsp3) is 0.261. The van der Waals surface area contributed by atoms with Gasteiger partial charge in [-0.3, -0.25) is 14.4 Å². The zero-order valence-electron chi connectivity index (χ0n) is 17.1. The highest BCUT2D eigenvalue weighted by molar-refractivity contribution is 6.05. The van der Waals surface area contributed by atoms with Gasteiger partial charge in [0.15, 0.2) is 0 Å². The lowest BCUT2D eigenvalue weighted by molar-refractivity contribution is -0.143. The molecule has 0 aromatic heterocycles. The molecule has 0 fully saturated rings. The molecule has 2 aromatic carbocycles. The Morgan fingerprint density at radius 3 is 2.27 bits per heavy atom. The SMILES string of the molecule is CCOC(=O)CCNC(=O)C(=Cc1ccccc1)NC(=O)c1ccc(OCC)cc1. The van der Waals surface area contributed by atoms with Crippen LogP contribution in [0, 0.1) is 0 Å². The van der Waals surface area contributed by atoms with Gasteiger partial charge in [-0.1, -0.05) is 30.3 Å². The highest BCUT2D eigenvalue weighted by Crippen LogP contribution is 2.13. The molecule has 0 unspecified atom stereocenters. The van der Waals surface area contributed by atoms with Crippen molar-refractivity contribution in [1.82, 2.24) is 10.6 Å². The Labute approximate surface area is 176 Å². The van der Waals surface area contributed by atoms with Crippen LogP contribution in [0.25, 0.3) is 6.08 Å². The summed E-state index contributed by atoms with van der Waals surface area (Å²) in [7, 11) is 0. The topological polar surface area (TPSA) is 93.7 Å². The van der Waals surface area contributed by atoms with Crippen LogP contribution in [0.4, 0.5) is 0 Å². The van der Waals surface area contributed by atoms with E-state index in [4.69, 9.17) is 9.47 Å². The molecule has 0 saturated heterocycles. The van der Waals surface area contributed by atoms with Crippen molar-refractivity contribution >= 4 is 23.9 Å². The maximum Gasteiger partial charge on any atom is 0.307 e. The first-order valence-electron chi connectivity index (χ1n) is 9.78. The molecule has 0 radical (unpaired) electrons. The van der Waals surface area contributed by atoms with Gasteiger partial charge in [-0.2, -0.15) is 0 Å². The van der Waals surface area contributed by atoms with Crippen molar-refractivity contribution in [2.24, 2.45) is 0 Å². The van der Waals surface area contributed by atoms with E-state index in [9.17, 15) is 14.4 Å². The Bertz CT molecular complexity index is 876. The number of hydrogen-bond donors (Lipinski definition) is 2. The fourth-order valence-electron chi connectivity index (χ4n) is 2.54. The molecule has 0 bridgehead atoms. The molecule has 0 spiro atoms. The van der Waals surface area contributed by atoms with Crippen LogP contribution in [-0.4, -0.2) is 37.5 Å². The Morgan fingerprint density at radius 1 is 0.933 bits per heavy atom. The third-order valence-corrected chi connectivity index (χ3v) is 3.95. The minimum atomic E-state index is -0.498. The van der Waals surface area contributed by atoms with Crippen molar-refractivity contribution in [1.29, 1.82) is 0 Å². The third kappa shape index (κ3) is 7.43. The number of ether oxygens (including phenoxy) is 2. The molecule has 7 nitrogen and oxygen atoms in total. The molecule has 2 rings (SSSR count). The summed E-state index contributed by atoms with van der Waals surface area (Å²) in [6.45, 7) is 4.50. The zero-order chi connectivity index (χ0) is 21.8. The van der Waals surface area contributed by atoms with Crippen LogP contribution in [0.15, 0.2) is 60.3 Å². The molecule has 2 amide bonds. The van der Waals surface area contributed by atoms with E-state index >= 15 is 0 Å². The number of amides is 2. The molecular weight excluding hydrogens is 384 g/mol. The number of rotatable bonds is 10. The third-order valence-electron chi connectivity index (χ3n) is 3.95. The predicted molar refractivity (Wildman–Crippen MR) is 114 cm³/mol. The van der Waals surface area contributed by atoms with E-state index in [1.165, 1.54) is 0 Å². The van der Waals surface area contributed by atoms with E-state index in [1.807, 2.05) is 37.3 Å². The number of nitrogens with one attached hydrogen (secondary N) is 2. The van der Waals surface area contributed by atoms with Crippen LogP contribution in [0.5, 0.6) is 5.75 Å². The van der Waals surface area contributed by atoms with Crippen molar-refractivity contribution in [3.05, 3.63) is 71.4 Å². The smallest absolute Gasteiger partial charge is 0.307 e. The second-order valence-electron chi connectivity index (χ2n) is 6.19. The second kappa shape index (κ2) is 12.1. The van der Waals surface area contributed by atoms with Crippen molar-refractivity contribution in [3.8, 4) is 5.75 Å². The predicted octanol–water partition coefficient (Wildman–Crippen LogP) is 2.93. The van der Waals surface area contributed by atoms with Crippen molar-refractivity contribution in [2.75, 3.05) is 19.8 Å².